The first-order chi connectivity index (χ1) is 9.69. The highest BCUT2D eigenvalue weighted by Crippen LogP contribution is 2.32. The highest BCUT2D eigenvalue weighted by molar-refractivity contribution is 5.84. The molecule has 0 N–H and O–H groups in total. The first-order valence-electron chi connectivity index (χ1n) is 7.20. The van der Waals surface area contributed by atoms with Crippen LogP contribution in [0.4, 0.5) is 0 Å². The van der Waals surface area contributed by atoms with E-state index in [4.69, 9.17) is 4.74 Å². The van der Waals surface area contributed by atoms with Crippen molar-refractivity contribution >= 4 is 17.0 Å². The third-order valence-corrected chi connectivity index (χ3v) is 3.47. The summed E-state index contributed by atoms with van der Waals surface area (Å²) < 4.78 is 7.32. The number of hydrogen-bond donors (Lipinski definition) is 0. The third-order valence-electron chi connectivity index (χ3n) is 3.47. The molecular weight excluding hydrogens is 266 g/mol. The van der Waals surface area contributed by atoms with Crippen LogP contribution >= 0.6 is 0 Å². The quantitative estimate of drug-likeness (QED) is 0.815. The molecule has 5 heteroatoms. The van der Waals surface area contributed by atoms with Crippen molar-refractivity contribution in [3.8, 4) is 0 Å². The fourth-order valence-electron chi connectivity index (χ4n) is 2.43. The lowest BCUT2D eigenvalue weighted by Gasteiger charge is -2.30. The Bertz CT molecular complexity index is 666. The van der Waals surface area contributed by atoms with E-state index < -0.39 is 5.41 Å². The zero-order valence-corrected chi connectivity index (χ0v) is 13.6. The van der Waals surface area contributed by atoms with Crippen LogP contribution in [0.1, 0.15) is 47.4 Å². The van der Waals surface area contributed by atoms with Gasteiger partial charge in [0.25, 0.3) is 0 Å². The number of fused-ring (bicyclic) bond motifs is 1. The van der Waals surface area contributed by atoms with E-state index in [0.717, 1.165) is 11.0 Å². The Morgan fingerprint density at radius 1 is 1.29 bits per heavy atom. The summed E-state index contributed by atoms with van der Waals surface area (Å²) in [7, 11) is 0. The number of aromatic nitrogens is 3. The average Bonchev–Trinajstić information content (AvgIpc) is 2.78. The minimum absolute atomic E-state index is 0.199. The fraction of sp³-hybridized carbons (Fsp3) is 0.562. The van der Waals surface area contributed by atoms with Crippen molar-refractivity contribution in [2.45, 2.75) is 52.5 Å². The number of carbonyl (C=O) groups is 1. The summed E-state index contributed by atoms with van der Waals surface area (Å²) in [5.41, 5.74) is 0.752. The van der Waals surface area contributed by atoms with Crippen LogP contribution in [0.25, 0.3) is 11.0 Å². The summed E-state index contributed by atoms with van der Waals surface area (Å²) >= 11 is 0. The molecule has 0 bridgehead atoms. The maximum Gasteiger partial charge on any atom is 0.319 e. The first kappa shape index (κ1) is 15.5. The second kappa shape index (κ2) is 5.13. The number of pyridine rings is 1. The number of ether oxygens (including phenoxy) is 1. The Labute approximate surface area is 125 Å². The van der Waals surface area contributed by atoms with Crippen molar-refractivity contribution in [1.29, 1.82) is 0 Å². The van der Waals surface area contributed by atoms with E-state index in [9.17, 15) is 4.79 Å². The Morgan fingerprint density at radius 3 is 2.52 bits per heavy atom. The number of hydrogen-bond acceptors (Lipinski definition) is 4. The van der Waals surface area contributed by atoms with E-state index in [1.165, 1.54) is 0 Å². The lowest BCUT2D eigenvalue weighted by Crippen LogP contribution is -2.37. The van der Waals surface area contributed by atoms with Crippen LogP contribution in [0, 0.1) is 0 Å². The molecule has 114 valence electrons. The van der Waals surface area contributed by atoms with Gasteiger partial charge in [-0.05, 0) is 47.6 Å². The predicted molar refractivity (Wildman–Crippen MR) is 82.2 cm³/mol. The molecule has 2 heterocycles. The molecule has 0 unspecified atom stereocenters. The van der Waals surface area contributed by atoms with Gasteiger partial charge in [-0.2, -0.15) is 0 Å². The molecule has 0 aliphatic heterocycles. The van der Waals surface area contributed by atoms with Gasteiger partial charge >= 0.3 is 5.97 Å². The van der Waals surface area contributed by atoms with Gasteiger partial charge in [0.05, 0.1) is 18.3 Å². The largest absolute Gasteiger partial charge is 0.465 e. The Kier molecular flexibility index (Phi) is 3.78. The maximum atomic E-state index is 12.3. The molecule has 0 aliphatic carbocycles. The van der Waals surface area contributed by atoms with E-state index in [2.05, 4.69) is 35.3 Å². The van der Waals surface area contributed by atoms with E-state index in [0.29, 0.717) is 12.4 Å². The molecule has 5 nitrogen and oxygen atoms in total. The Morgan fingerprint density at radius 2 is 1.95 bits per heavy atom. The number of nitrogens with zero attached hydrogens (tertiary/aromatic N) is 3. The van der Waals surface area contributed by atoms with Gasteiger partial charge in [-0.3, -0.25) is 9.78 Å². The van der Waals surface area contributed by atoms with Gasteiger partial charge < -0.3 is 9.30 Å². The van der Waals surface area contributed by atoms with Crippen LogP contribution in [-0.2, 0) is 20.5 Å². The number of rotatable bonds is 3. The third kappa shape index (κ3) is 2.64. The lowest BCUT2D eigenvalue weighted by molar-refractivity contribution is -0.149. The van der Waals surface area contributed by atoms with E-state index in [-0.39, 0.29) is 11.5 Å². The van der Waals surface area contributed by atoms with E-state index >= 15 is 0 Å². The molecule has 0 spiro atoms. The second-order valence-electron chi connectivity index (χ2n) is 6.65. The summed E-state index contributed by atoms with van der Waals surface area (Å²) in [5.74, 6) is 0.440. The van der Waals surface area contributed by atoms with Crippen LogP contribution in [0.3, 0.4) is 0 Å². The monoisotopic (exact) mass is 289 g/mol. The molecule has 2 aromatic rings. The highest BCUT2D eigenvalue weighted by atomic mass is 16.5. The Hall–Kier alpha value is -1.91. The molecular formula is C16H23N3O2. The summed E-state index contributed by atoms with van der Waals surface area (Å²) in [5, 5.41) is 0. The standard InChI is InChI=1S/C16H23N3O2/c1-7-21-14(20)16(5,6)13-18-11-10-17-9-8-12(11)19(13)15(2,3)4/h8-10H,7H2,1-6H3. The van der Waals surface area contributed by atoms with Gasteiger partial charge in [0.1, 0.15) is 16.8 Å². The summed E-state index contributed by atoms with van der Waals surface area (Å²) in [6.07, 6.45) is 3.47. The van der Waals surface area contributed by atoms with Crippen molar-refractivity contribution < 1.29 is 9.53 Å². The van der Waals surface area contributed by atoms with Gasteiger partial charge in [0.15, 0.2) is 0 Å². The van der Waals surface area contributed by atoms with Crippen molar-refractivity contribution in [1.82, 2.24) is 14.5 Å². The molecule has 21 heavy (non-hydrogen) atoms. The summed E-state index contributed by atoms with van der Waals surface area (Å²) in [6.45, 7) is 12.2. The van der Waals surface area contributed by atoms with Crippen molar-refractivity contribution in [3.63, 3.8) is 0 Å². The zero-order chi connectivity index (χ0) is 15.8. The molecule has 0 aromatic carbocycles. The topological polar surface area (TPSA) is 57.0 Å². The molecule has 0 atom stereocenters. The minimum atomic E-state index is -0.817. The zero-order valence-electron chi connectivity index (χ0n) is 13.6. The summed E-state index contributed by atoms with van der Waals surface area (Å²) in [4.78, 5) is 21.1. The normalized spacial score (nSPS) is 12.7. The molecule has 0 saturated carbocycles. The summed E-state index contributed by atoms with van der Waals surface area (Å²) in [6, 6.07) is 1.93. The van der Waals surface area contributed by atoms with Crippen LogP contribution in [0.2, 0.25) is 0 Å². The minimum Gasteiger partial charge on any atom is -0.465 e. The molecule has 0 radical (unpaired) electrons. The maximum absolute atomic E-state index is 12.3. The molecule has 0 aliphatic rings. The van der Waals surface area contributed by atoms with Crippen LogP contribution < -0.4 is 0 Å². The predicted octanol–water partition coefficient (Wildman–Crippen LogP) is 3.03. The highest BCUT2D eigenvalue weighted by Gasteiger charge is 2.39. The molecule has 2 rings (SSSR count). The number of imidazole rings is 1. The first-order valence-corrected chi connectivity index (χ1v) is 7.20. The van der Waals surface area contributed by atoms with Gasteiger partial charge in [0.2, 0.25) is 0 Å². The van der Waals surface area contributed by atoms with Gasteiger partial charge in [-0.1, -0.05) is 0 Å². The van der Waals surface area contributed by atoms with Gasteiger partial charge in [0, 0.05) is 11.7 Å². The van der Waals surface area contributed by atoms with Crippen molar-refractivity contribution in [2.75, 3.05) is 6.61 Å². The van der Waals surface area contributed by atoms with Gasteiger partial charge in [-0.15, -0.1) is 0 Å². The van der Waals surface area contributed by atoms with Crippen LogP contribution in [0.5, 0.6) is 0 Å². The van der Waals surface area contributed by atoms with E-state index in [1.54, 1.807) is 12.4 Å². The molecule has 0 fully saturated rings. The number of esters is 1. The van der Waals surface area contributed by atoms with Crippen LogP contribution in [-0.4, -0.2) is 27.1 Å². The van der Waals surface area contributed by atoms with Crippen molar-refractivity contribution in [3.05, 3.63) is 24.3 Å². The Balaban J connectivity index is 2.71. The van der Waals surface area contributed by atoms with Crippen molar-refractivity contribution in [2.24, 2.45) is 0 Å². The molecule has 0 amide bonds. The lowest BCUT2D eigenvalue weighted by atomic mass is 9.91. The van der Waals surface area contributed by atoms with Gasteiger partial charge in [-0.25, -0.2) is 4.98 Å². The molecule has 2 aromatic heterocycles. The fourth-order valence-corrected chi connectivity index (χ4v) is 2.43. The van der Waals surface area contributed by atoms with Crippen LogP contribution in [0.15, 0.2) is 18.5 Å². The average molecular weight is 289 g/mol. The second-order valence-corrected chi connectivity index (χ2v) is 6.65. The van der Waals surface area contributed by atoms with E-state index in [1.807, 2.05) is 26.8 Å². The number of carbonyl (C=O) groups excluding carboxylic acids is 1. The molecule has 0 saturated heterocycles. The SMILES string of the molecule is CCOC(=O)C(C)(C)c1nc2cnccc2n1C(C)(C)C. The smallest absolute Gasteiger partial charge is 0.319 e.